The molecule has 1 aliphatic heterocycles. The van der Waals surface area contributed by atoms with Crippen molar-refractivity contribution in [1.82, 2.24) is 16.1 Å². The average Bonchev–Trinajstić information content (AvgIpc) is 3.37. The Morgan fingerprint density at radius 1 is 1.37 bits per heavy atom. The molecule has 1 saturated heterocycles. The highest BCUT2D eigenvalue weighted by molar-refractivity contribution is 8.04. The summed E-state index contributed by atoms with van der Waals surface area (Å²) in [5.74, 6) is 0.389. The van der Waals surface area contributed by atoms with Gasteiger partial charge in [-0.25, -0.2) is 10.2 Å². The van der Waals surface area contributed by atoms with Crippen molar-refractivity contribution in [1.29, 1.82) is 5.26 Å². The minimum Gasteiger partial charge on any atom is -0.467 e. The lowest BCUT2D eigenvalue weighted by Crippen LogP contribution is -2.32. The van der Waals surface area contributed by atoms with Crippen molar-refractivity contribution in [2.45, 2.75) is 25.1 Å². The minimum atomic E-state index is -0.548. The van der Waals surface area contributed by atoms with Crippen molar-refractivity contribution in [3.8, 4) is 6.07 Å². The molecule has 0 radical (unpaired) electrons. The van der Waals surface area contributed by atoms with Crippen molar-refractivity contribution in [2.24, 2.45) is 5.10 Å². The number of amides is 3. The molecule has 0 bridgehead atoms. The van der Waals surface area contributed by atoms with E-state index in [4.69, 9.17) is 16.0 Å². The van der Waals surface area contributed by atoms with Crippen molar-refractivity contribution in [2.75, 3.05) is 0 Å². The number of urea groups is 1. The molecule has 1 aromatic carbocycles. The van der Waals surface area contributed by atoms with E-state index in [-0.39, 0.29) is 23.7 Å². The number of benzene rings is 1. The van der Waals surface area contributed by atoms with Crippen LogP contribution in [0.5, 0.6) is 0 Å². The van der Waals surface area contributed by atoms with Crippen LogP contribution in [-0.2, 0) is 17.8 Å². The van der Waals surface area contributed by atoms with Crippen LogP contribution >= 0.6 is 23.4 Å². The highest BCUT2D eigenvalue weighted by Gasteiger charge is 2.32. The Balaban J connectivity index is 1.64. The Bertz CT molecular complexity index is 1040. The number of hydrazone groups is 1. The first-order chi connectivity index (χ1) is 14.5. The average molecular weight is 444 g/mol. The van der Waals surface area contributed by atoms with Gasteiger partial charge in [0, 0.05) is 5.02 Å². The maximum absolute atomic E-state index is 12.4. The normalized spacial score (nSPS) is 17.8. The van der Waals surface area contributed by atoms with Gasteiger partial charge in [-0.15, -0.1) is 0 Å². The van der Waals surface area contributed by atoms with Gasteiger partial charge < -0.3 is 15.1 Å². The molecule has 1 unspecified atom stereocenters. The van der Waals surface area contributed by atoms with Gasteiger partial charge in [-0.2, -0.15) is 10.4 Å². The molecule has 8 nitrogen and oxygen atoms in total. The molecule has 0 aliphatic carbocycles. The Labute approximate surface area is 182 Å². The first kappa shape index (κ1) is 21.5. The molecule has 1 fully saturated rings. The summed E-state index contributed by atoms with van der Waals surface area (Å²) >= 11 is 7.42. The zero-order valence-corrected chi connectivity index (χ0v) is 17.5. The van der Waals surface area contributed by atoms with Crippen molar-refractivity contribution in [3.05, 3.63) is 69.6 Å². The molecule has 0 saturated carbocycles. The van der Waals surface area contributed by atoms with Crippen LogP contribution in [-0.4, -0.2) is 22.9 Å². The van der Waals surface area contributed by atoms with E-state index in [1.165, 1.54) is 18.0 Å². The van der Waals surface area contributed by atoms with Crippen LogP contribution in [0.3, 0.4) is 0 Å². The number of allylic oxidation sites excluding steroid dienone is 1. The molecule has 0 spiro atoms. The topological polar surface area (TPSA) is 120 Å². The molecule has 1 aliphatic rings. The number of halogens is 1. The van der Waals surface area contributed by atoms with Crippen LogP contribution in [0.2, 0.25) is 5.02 Å². The Morgan fingerprint density at radius 2 is 2.17 bits per heavy atom. The second-order valence-electron chi connectivity index (χ2n) is 6.28. The fraction of sp³-hybridized carbons (Fsp3) is 0.200. The molecule has 154 valence electrons. The molecule has 1 atom stereocenters. The Morgan fingerprint density at radius 3 is 2.87 bits per heavy atom. The van der Waals surface area contributed by atoms with Gasteiger partial charge in [0.05, 0.1) is 28.8 Å². The van der Waals surface area contributed by atoms with Gasteiger partial charge in [0.2, 0.25) is 5.91 Å². The Kier molecular flexibility index (Phi) is 7.17. The van der Waals surface area contributed by atoms with Gasteiger partial charge in [0.1, 0.15) is 17.4 Å². The summed E-state index contributed by atoms with van der Waals surface area (Å²) in [6.45, 7) is 1.78. The number of nitrogens with one attached hydrogen (secondary N) is 3. The number of furan rings is 1. The number of carbonyl (C=O) groups is 2. The van der Waals surface area contributed by atoms with E-state index < -0.39 is 11.3 Å². The third-order valence-electron chi connectivity index (χ3n) is 4.18. The smallest absolute Gasteiger partial charge is 0.335 e. The first-order valence-electron chi connectivity index (χ1n) is 8.94. The number of thioether (sulfide) groups is 1. The fourth-order valence-corrected chi connectivity index (χ4v) is 4.04. The molecule has 10 heteroatoms. The Hall–Kier alpha value is -3.22. The second-order valence-corrected chi connectivity index (χ2v) is 7.90. The van der Waals surface area contributed by atoms with Crippen LogP contribution in [0.1, 0.15) is 18.2 Å². The quantitative estimate of drug-likeness (QED) is 0.359. The zero-order valence-electron chi connectivity index (χ0n) is 15.9. The summed E-state index contributed by atoms with van der Waals surface area (Å²) in [7, 11) is 0. The molecule has 3 amide bonds. The predicted molar refractivity (Wildman–Crippen MR) is 115 cm³/mol. The standard InChI is InChI=1S/C20H18ClN5O3S/c1-12(25-26-20(28)23-11-14-6-4-8-29-14)15(10-22)19-24-18(27)17(30-19)9-13-5-2-3-7-16(13)21/h2-8,17H,9,11H2,1H3,(H,24,27)(H2,23,26,28)/b19-15+,25-12-. The molecule has 2 aromatic rings. The third-order valence-corrected chi connectivity index (χ3v) is 5.76. The van der Waals surface area contributed by atoms with Gasteiger partial charge in [-0.3, -0.25) is 4.79 Å². The lowest BCUT2D eigenvalue weighted by Gasteiger charge is -2.07. The van der Waals surface area contributed by atoms with E-state index in [1.54, 1.807) is 25.1 Å². The molecule has 1 aromatic heterocycles. The number of nitriles is 1. The van der Waals surface area contributed by atoms with Crippen LogP contribution in [0.25, 0.3) is 0 Å². The van der Waals surface area contributed by atoms with Crippen LogP contribution in [0.15, 0.2) is 62.8 Å². The van der Waals surface area contributed by atoms with Gasteiger partial charge in [0.15, 0.2) is 0 Å². The molecule has 30 heavy (non-hydrogen) atoms. The maximum atomic E-state index is 12.4. The number of carbonyl (C=O) groups excluding carboxylic acids is 2. The van der Waals surface area contributed by atoms with E-state index in [0.29, 0.717) is 22.2 Å². The molecular weight excluding hydrogens is 426 g/mol. The van der Waals surface area contributed by atoms with Crippen LogP contribution in [0.4, 0.5) is 4.79 Å². The van der Waals surface area contributed by atoms with Crippen molar-refractivity contribution >= 4 is 41.0 Å². The van der Waals surface area contributed by atoms with E-state index in [2.05, 4.69) is 21.2 Å². The summed E-state index contributed by atoms with van der Waals surface area (Å²) in [4.78, 5) is 24.2. The van der Waals surface area contributed by atoms with Crippen molar-refractivity contribution < 1.29 is 14.0 Å². The summed E-state index contributed by atoms with van der Waals surface area (Å²) < 4.78 is 5.12. The largest absolute Gasteiger partial charge is 0.467 e. The van der Waals surface area contributed by atoms with Crippen LogP contribution in [0, 0.1) is 11.3 Å². The summed E-state index contributed by atoms with van der Waals surface area (Å²) in [6, 6.07) is 12.2. The van der Waals surface area contributed by atoms with Crippen molar-refractivity contribution in [3.63, 3.8) is 0 Å². The van der Waals surface area contributed by atoms with E-state index >= 15 is 0 Å². The predicted octanol–water partition coefficient (Wildman–Crippen LogP) is 3.32. The number of nitrogens with zero attached hydrogens (tertiary/aromatic N) is 2. The van der Waals surface area contributed by atoms with E-state index in [9.17, 15) is 14.9 Å². The SMILES string of the molecule is CC(=N/NC(=O)NCc1ccco1)/C(C#N)=C1\NC(=O)C(Cc2ccccc2Cl)S1. The number of hydrogen-bond acceptors (Lipinski definition) is 6. The number of rotatable bonds is 6. The fourth-order valence-electron chi connectivity index (χ4n) is 2.64. The van der Waals surface area contributed by atoms with E-state index in [0.717, 1.165) is 5.56 Å². The third kappa shape index (κ3) is 5.43. The minimum absolute atomic E-state index is 0.182. The van der Waals surface area contributed by atoms with Gasteiger partial charge in [-0.1, -0.05) is 41.6 Å². The van der Waals surface area contributed by atoms with Crippen LogP contribution < -0.4 is 16.1 Å². The molecule has 2 heterocycles. The van der Waals surface area contributed by atoms with Gasteiger partial charge in [-0.05, 0) is 37.1 Å². The summed E-state index contributed by atoms with van der Waals surface area (Å²) in [6.07, 6.45) is 1.94. The highest BCUT2D eigenvalue weighted by Crippen LogP contribution is 2.33. The lowest BCUT2D eigenvalue weighted by atomic mass is 10.1. The lowest BCUT2D eigenvalue weighted by molar-refractivity contribution is -0.119. The summed E-state index contributed by atoms with van der Waals surface area (Å²) in [5.41, 5.74) is 3.63. The zero-order chi connectivity index (χ0) is 21.5. The monoisotopic (exact) mass is 443 g/mol. The first-order valence-corrected chi connectivity index (χ1v) is 10.2. The molecular formula is C20H18ClN5O3S. The molecule has 3 N–H and O–H groups in total. The highest BCUT2D eigenvalue weighted by atomic mass is 35.5. The second kappa shape index (κ2) is 10.0. The van der Waals surface area contributed by atoms with Gasteiger partial charge >= 0.3 is 6.03 Å². The van der Waals surface area contributed by atoms with E-state index in [1.807, 2.05) is 24.3 Å². The molecule has 3 rings (SSSR count). The van der Waals surface area contributed by atoms with Gasteiger partial charge in [0.25, 0.3) is 0 Å². The maximum Gasteiger partial charge on any atom is 0.335 e. The summed E-state index contributed by atoms with van der Waals surface area (Å²) in [5, 5.41) is 19.4. The number of hydrogen-bond donors (Lipinski definition) is 3.